The van der Waals surface area contributed by atoms with Gasteiger partial charge in [0.2, 0.25) is 5.95 Å². The van der Waals surface area contributed by atoms with Crippen molar-refractivity contribution in [2.45, 2.75) is 32.4 Å². The largest absolute Gasteiger partial charge is 0.416 e. The molecule has 0 atom stereocenters. The normalized spacial score (nSPS) is 11.6. The predicted molar refractivity (Wildman–Crippen MR) is 79.9 cm³/mol. The van der Waals surface area contributed by atoms with E-state index in [0.29, 0.717) is 23.2 Å². The van der Waals surface area contributed by atoms with Gasteiger partial charge in [0, 0.05) is 11.1 Å². The molecule has 118 valence electrons. The molecular weight excluding hydrogens is 293 g/mol. The van der Waals surface area contributed by atoms with E-state index >= 15 is 0 Å². The quantitative estimate of drug-likeness (QED) is 0.903. The lowest BCUT2D eigenvalue weighted by atomic mass is 10.00. The Morgan fingerprint density at radius 3 is 2.50 bits per heavy atom. The molecule has 1 aromatic carbocycles. The topological polar surface area (TPSA) is 77.8 Å². The number of anilines is 2. The number of alkyl halides is 3. The minimum absolute atomic E-state index is 0.0508. The van der Waals surface area contributed by atoms with Gasteiger partial charge in [-0.15, -0.1) is 0 Å². The number of unbranched alkanes of at least 4 members (excludes halogenated alkanes) is 1. The van der Waals surface area contributed by atoms with Crippen molar-refractivity contribution in [1.82, 2.24) is 9.97 Å². The molecular formula is C15H17F3N4. The van der Waals surface area contributed by atoms with E-state index in [2.05, 4.69) is 9.97 Å². The van der Waals surface area contributed by atoms with Gasteiger partial charge in [0.1, 0.15) is 5.82 Å². The summed E-state index contributed by atoms with van der Waals surface area (Å²) in [6, 6.07) is 4.97. The number of nitrogen functional groups attached to an aromatic ring is 2. The van der Waals surface area contributed by atoms with Crippen LogP contribution in [0.15, 0.2) is 24.3 Å². The minimum atomic E-state index is -4.41. The molecule has 4 N–H and O–H groups in total. The van der Waals surface area contributed by atoms with Gasteiger partial charge in [0.15, 0.2) is 0 Å². The third kappa shape index (κ3) is 3.47. The van der Waals surface area contributed by atoms with Gasteiger partial charge in [-0.1, -0.05) is 25.5 Å². The average molecular weight is 310 g/mol. The van der Waals surface area contributed by atoms with Crippen LogP contribution in [0.1, 0.15) is 30.9 Å². The molecule has 7 heteroatoms. The van der Waals surface area contributed by atoms with Crippen molar-refractivity contribution in [3.63, 3.8) is 0 Å². The van der Waals surface area contributed by atoms with Crippen LogP contribution in [0.25, 0.3) is 11.3 Å². The summed E-state index contributed by atoms with van der Waals surface area (Å²) in [7, 11) is 0. The van der Waals surface area contributed by atoms with Crippen molar-refractivity contribution in [1.29, 1.82) is 0 Å². The summed E-state index contributed by atoms with van der Waals surface area (Å²) in [5, 5.41) is 0. The van der Waals surface area contributed by atoms with E-state index in [1.54, 1.807) is 6.07 Å². The number of halogens is 3. The summed E-state index contributed by atoms with van der Waals surface area (Å²) >= 11 is 0. The first-order chi connectivity index (χ1) is 10.3. The lowest BCUT2D eigenvalue weighted by Crippen LogP contribution is -2.08. The molecule has 22 heavy (non-hydrogen) atoms. The maximum Gasteiger partial charge on any atom is 0.416 e. The van der Waals surface area contributed by atoms with Crippen molar-refractivity contribution >= 4 is 11.8 Å². The van der Waals surface area contributed by atoms with Gasteiger partial charge in [-0.3, -0.25) is 0 Å². The van der Waals surface area contributed by atoms with Crippen LogP contribution in [0.4, 0.5) is 24.9 Å². The zero-order valence-electron chi connectivity index (χ0n) is 12.1. The van der Waals surface area contributed by atoms with Crippen LogP contribution in [-0.4, -0.2) is 9.97 Å². The highest BCUT2D eigenvalue weighted by molar-refractivity contribution is 5.69. The predicted octanol–water partition coefficient (Wildman–Crippen LogP) is 3.67. The Balaban J connectivity index is 2.56. The smallest absolute Gasteiger partial charge is 0.383 e. The van der Waals surface area contributed by atoms with Gasteiger partial charge in [-0.2, -0.15) is 18.2 Å². The van der Waals surface area contributed by atoms with Crippen LogP contribution in [-0.2, 0) is 12.6 Å². The molecule has 0 aliphatic heterocycles. The number of rotatable bonds is 4. The summed E-state index contributed by atoms with van der Waals surface area (Å²) in [6.45, 7) is 2.01. The molecule has 2 aromatic rings. The van der Waals surface area contributed by atoms with Crippen molar-refractivity contribution < 1.29 is 13.2 Å². The number of hydrogen-bond donors (Lipinski definition) is 2. The van der Waals surface area contributed by atoms with Gasteiger partial charge in [-0.25, -0.2) is 4.98 Å². The Kier molecular flexibility index (Phi) is 4.54. The van der Waals surface area contributed by atoms with Crippen LogP contribution in [0, 0.1) is 0 Å². The van der Waals surface area contributed by atoms with Crippen LogP contribution >= 0.6 is 0 Å². The van der Waals surface area contributed by atoms with Crippen molar-refractivity contribution in [3.05, 3.63) is 35.4 Å². The van der Waals surface area contributed by atoms with Crippen LogP contribution in [0.2, 0.25) is 0 Å². The Morgan fingerprint density at radius 2 is 1.86 bits per heavy atom. The maximum atomic E-state index is 12.9. The number of nitrogens with two attached hydrogens (primary N) is 2. The summed E-state index contributed by atoms with van der Waals surface area (Å²) < 4.78 is 38.6. The summed E-state index contributed by atoms with van der Waals surface area (Å²) in [5.41, 5.74) is 12.1. The number of hydrogen-bond acceptors (Lipinski definition) is 4. The molecule has 1 aromatic heterocycles. The summed E-state index contributed by atoms with van der Waals surface area (Å²) in [6.07, 6.45) is -2.06. The molecule has 0 aliphatic carbocycles. The second-order valence-corrected chi connectivity index (χ2v) is 4.98. The lowest BCUT2D eigenvalue weighted by molar-refractivity contribution is -0.137. The Labute approximate surface area is 126 Å². The molecule has 1 heterocycles. The monoisotopic (exact) mass is 310 g/mol. The van der Waals surface area contributed by atoms with Gasteiger partial charge >= 0.3 is 6.18 Å². The molecule has 0 spiro atoms. The molecule has 0 radical (unpaired) electrons. The summed E-state index contributed by atoms with van der Waals surface area (Å²) in [4.78, 5) is 8.01. The Morgan fingerprint density at radius 1 is 1.14 bits per heavy atom. The van der Waals surface area contributed by atoms with Gasteiger partial charge in [-0.05, 0) is 25.0 Å². The highest BCUT2D eigenvalue weighted by Crippen LogP contribution is 2.33. The van der Waals surface area contributed by atoms with Crippen LogP contribution < -0.4 is 11.5 Å². The van der Waals surface area contributed by atoms with E-state index in [9.17, 15) is 13.2 Å². The van der Waals surface area contributed by atoms with Gasteiger partial charge < -0.3 is 11.5 Å². The number of nitrogens with zero attached hydrogens (tertiary/aromatic N) is 2. The van der Waals surface area contributed by atoms with Gasteiger partial charge in [0.05, 0.1) is 11.3 Å². The van der Waals surface area contributed by atoms with E-state index in [1.807, 2.05) is 6.92 Å². The second kappa shape index (κ2) is 6.21. The lowest BCUT2D eigenvalue weighted by Gasteiger charge is -2.13. The van der Waals surface area contributed by atoms with Crippen molar-refractivity contribution in [2.75, 3.05) is 11.5 Å². The zero-order chi connectivity index (χ0) is 16.3. The molecule has 0 bridgehead atoms. The van der Waals surface area contributed by atoms with E-state index in [-0.39, 0.29) is 11.8 Å². The molecule has 4 nitrogen and oxygen atoms in total. The number of aromatic nitrogens is 2. The molecule has 0 saturated heterocycles. The van der Waals surface area contributed by atoms with Gasteiger partial charge in [0.25, 0.3) is 0 Å². The van der Waals surface area contributed by atoms with E-state index < -0.39 is 11.7 Å². The van der Waals surface area contributed by atoms with Crippen LogP contribution in [0.3, 0.4) is 0 Å². The van der Waals surface area contributed by atoms with Crippen molar-refractivity contribution in [3.8, 4) is 11.3 Å². The Bertz CT molecular complexity index is 668. The molecule has 0 amide bonds. The SMILES string of the molecule is CCCCc1c(N)nc(N)nc1-c1cccc(C(F)(F)F)c1. The highest BCUT2D eigenvalue weighted by Gasteiger charge is 2.30. The zero-order valence-corrected chi connectivity index (χ0v) is 12.1. The first-order valence-electron chi connectivity index (χ1n) is 6.92. The third-order valence-electron chi connectivity index (χ3n) is 3.30. The second-order valence-electron chi connectivity index (χ2n) is 4.98. The summed E-state index contributed by atoms with van der Waals surface area (Å²) in [5.74, 6) is 0.165. The fourth-order valence-electron chi connectivity index (χ4n) is 2.20. The van der Waals surface area contributed by atoms with E-state index in [1.165, 1.54) is 6.07 Å². The third-order valence-corrected chi connectivity index (χ3v) is 3.30. The maximum absolute atomic E-state index is 12.9. The fourth-order valence-corrected chi connectivity index (χ4v) is 2.20. The standard InChI is InChI=1S/C15H17F3N4/c1-2-3-7-11-12(21-14(20)22-13(11)19)9-5-4-6-10(8-9)15(16,17)18/h4-6,8H,2-3,7H2,1H3,(H4,19,20,21,22). The van der Waals surface area contributed by atoms with E-state index in [0.717, 1.165) is 25.0 Å². The average Bonchev–Trinajstić information content (AvgIpc) is 2.45. The number of benzene rings is 1. The first-order valence-corrected chi connectivity index (χ1v) is 6.92. The first kappa shape index (κ1) is 16.1. The Hall–Kier alpha value is -2.31. The van der Waals surface area contributed by atoms with Crippen molar-refractivity contribution in [2.24, 2.45) is 0 Å². The molecule has 2 rings (SSSR count). The molecule has 0 saturated carbocycles. The van der Waals surface area contributed by atoms with E-state index in [4.69, 9.17) is 11.5 Å². The highest BCUT2D eigenvalue weighted by atomic mass is 19.4. The minimum Gasteiger partial charge on any atom is -0.383 e. The molecule has 0 aliphatic rings. The van der Waals surface area contributed by atoms with Crippen LogP contribution in [0.5, 0.6) is 0 Å². The fraction of sp³-hybridized carbons (Fsp3) is 0.333. The molecule has 0 unspecified atom stereocenters. The molecule has 0 fully saturated rings.